The Labute approximate surface area is 281 Å². The summed E-state index contributed by atoms with van der Waals surface area (Å²) in [6, 6.07) is 0. The Balaban J connectivity index is 1.29. The largest absolute Gasteiger partial charge is 0.481 e. The molecule has 1 spiro atoms. The van der Waals surface area contributed by atoms with Crippen LogP contribution in [-0.4, -0.2) is 106 Å². The Hall–Kier alpha value is -0.890. The molecule has 5 saturated heterocycles. The summed E-state index contributed by atoms with van der Waals surface area (Å²) in [6.07, 6.45) is 2.99. The van der Waals surface area contributed by atoms with Gasteiger partial charge in [-0.3, -0.25) is 4.79 Å². The molecule has 0 radical (unpaired) electrons. The first-order valence-electron chi connectivity index (χ1n) is 18.1. The predicted octanol–water partition coefficient (Wildman–Crippen LogP) is 4.27. The molecule has 5 rings (SSSR count). The zero-order valence-corrected chi connectivity index (χ0v) is 30.0. The molecule has 1 unspecified atom stereocenters. The van der Waals surface area contributed by atoms with Gasteiger partial charge in [0.2, 0.25) is 0 Å². The molecule has 0 saturated carbocycles. The van der Waals surface area contributed by atoms with Crippen LogP contribution < -0.4 is 0 Å². The second-order valence-corrected chi connectivity index (χ2v) is 16.3. The quantitative estimate of drug-likeness (QED) is 0.264. The zero-order valence-electron chi connectivity index (χ0n) is 30.0. The summed E-state index contributed by atoms with van der Waals surface area (Å²) in [7, 11) is 1.52. The summed E-state index contributed by atoms with van der Waals surface area (Å²) in [5.74, 6) is -4.52. The molecule has 0 aromatic carbocycles. The van der Waals surface area contributed by atoms with Crippen LogP contribution in [0.3, 0.4) is 0 Å². The molecule has 5 aliphatic rings. The van der Waals surface area contributed by atoms with Crippen molar-refractivity contribution < 1.29 is 53.6 Å². The van der Waals surface area contributed by atoms with Gasteiger partial charge in [-0.05, 0) is 64.2 Å². The number of methoxy groups -OCH3 is 1. The van der Waals surface area contributed by atoms with Crippen LogP contribution >= 0.6 is 0 Å². The lowest BCUT2D eigenvalue weighted by Crippen LogP contribution is -2.57. The molecule has 11 heteroatoms. The van der Waals surface area contributed by atoms with Crippen molar-refractivity contribution in [3.05, 3.63) is 0 Å². The van der Waals surface area contributed by atoms with Crippen LogP contribution in [0.25, 0.3) is 0 Å². The molecule has 0 aliphatic carbocycles. The molecule has 5 aliphatic heterocycles. The molecule has 17 atom stereocenters. The van der Waals surface area contributed by atoms with Gasteiger partial charge in [0, 0.05) is 37.7 Å². The highest BCUT2D eigenvalue weighted by Crippen LogP contribution is 2.55. The van der Waals surface area contributed by atoms with Crippen molar-refractivity contribution in [2.75, 3.05) is 13.7 Å². The topological polar surface area (TPSA) is 153 Å². The molecule has 272 valence electrons. The van der Waals surface area contributed by atoms with Gasteiger partial charge in [-0.1, -0.05) is 41.5 Å². The third-order valence-corrected chi connectivity index (χ3v) is 13.0. The van der Waals surface area contributed by atoms with Gasteiger partial charge in [-0.15, -0.1) is 0 Å². The molecule has 5 fully saturated rings. The summed E-state index contributed by atoms with van der Waals surface area (Å²) < 4.78 is 39.4. The molecule has 0 bridgehead atoms. The van der Waals surface area contributed by atoms with Gasteiger partial charge in [-0.25, -0.2) is 0 Å². The van der Waals surface area contributed by atoms with E-state index in [1.165, 1.54) is 7.11 Å². The highest BCUT2D eigenvalue weighted by molar-refractivity contribution is 5.70. The van der Waals surface area contributed by atoms with E-state index in [0.29, 0.717) is 19.3 Å². The predicted molar refractivity (Wildman–Crippen MR) is 172 cm³/mol. The number of ether oxygens (including phenoxy) is 6. The fraction of sp³-hybridized carbons (Fsp3) is 0.972. The highest BCUT2D eigenvalue weighted by Gasteiger charge is 2.62. The summed E-state index contributed by atoms with van der Waals surface area (Å²) in [4.78, 5) is 11.8. The number of hydrogen-bond acceptors (Lipinski definition) is 10. The second-order valence-electron chi connectivity index (χ2n) is 16.3. The van der Waals surface area contributed by atoms with E-state index >= 15 is 0 Å². The Bertz CT molecular complexity index is 1110. The number of carboxylic acid groups (broad SMARTS) is 1. The highest BCUT2D eigenvalue weighted by atomic mass is 16.7. The SMILES string of the molecule is CC[C@@]1([C@@H]2O[C@@H]([C@H]3OC(O)(CO)[C@H](C)C[C@@H]3C)C[C@@H]2C)CC[C@H]([C@]2(C)CC[C@]3(C[C@H](O)[C@@H](C)[C@@H]([C@@H](C)[C@@H](OC)[C@H](C)C(=O)O)O3)O2)O1. The molecule has 0 aromatic heterocycles. The smallest absolute Gasteiger partial charge is 0.308 e. The van der Waals surface area contributed by atoms with Gasteiger partial charge >= 0.3 is 5.97 Å². The van der Waals surface area contributed by atoms with E-state index in [9.17, 15) is 25.2 Å². The first kappa shape index (κ1) is 37.4. The van der Waals surface area contributed by atoms with Crippen molar-refractivity contribution in [2.45, 2.75) is 172 Å². The number of hydrogen-bond donors (Lipinski definition) is 4. The third-order valence-electron chi connectivity index (χ3n) is 13.0. The van der Waals surface area contributed by atoms with E-state index in [1.807, 2.05) is 20.8 Å². The van der Waals surface area contributed by atoms with E-state index < -0.39 is 59.6 Å². The van der Waals surface area contributed by atoms with Crippen molar-refractivity contribution in [2.24, 2.45) is 35.5 Å². The Kier molecular flexibility index (Phi) is 10.9. The number of carboxylic acids is 1. The molecule has 5 heterocycles. The first-order chi connectivity index (χ1) is 22.0. The van der Waals surface area contributed by atoms with Crippen molar-refractivity contribution in [3.8, 4) is 0 Å². The molecular weight excluding hydrogens is 608 g/mol. The van der Waals surface area contributed by atoms with Crippen molar-refractivity contribution in [1.29, 1.82) is 0 Å². The van der Waals surface area contributed by atoms with Crippen molar-refractivity contribution in [3.63, 3.8) is 0 Å². The lowest BCUT2D eigenvalue weighted by atomic mass is 9.78. The Morgan fingerprint density at radius 3 is 2.34 bits per heavy atom. The standard InChI is InChI=1S/C36H62O11/c1-10-34(31-20(3)16-26(43-31)28-19(2)15-21(4)36(41,18-37)46-28)12-11-27(44-34)33(8)13-14-35(47-33)17-25(38)22(5)30(45-35)23(6)29(42-9)24(7)32(39)40/h19-31,37-38,41H,10-18H2,1-9H3,(H,39,40)/t19-,20-,21+,22+,23-,24-,25-,26+,27+,28-,29+,30-,31+,33-,34-,35+,36?/m0/s1. The monoisotopic (exact) mass is 670 g/mol. The minimum Gasteiger partial charge on any atom is -0.481 e. The van der Waals surface area contributed by atoms with Crippen LogP contribution in [0.1, 0.15) is 107 Å². The zero-order chi connectivity index (χ0) is 34.7. The number of aliphatic hydroxyl groups is 3. The number of rotatable bonds is 10. The summed E-state index contributed by atoms with van der Waals surface area (Å²) in [5, 5.41) is 41.8. The van der Waals surface area contributed by atoms with Crippen LogP contribution in [0, 0.1) is 35.5 Å². The number of aliphatic carboxylic acids is 1. The Morgan fingerprint density at radius 1 is 1.02 bits per heavy atom. The minimum atomic E-state index is -1.56. The maximum absolute atomic E-state index is 11.8. The average Bonchev–Trinajstić information content (AvgIpc) is 3.73. The van der Waals surface area contributed by atoms with Gasteiger partial charge < -0.3 is 48.8 Å². The lowest BCUT2D eigenvalue weighted by molar-refractivity contribution is -0.336. The Morgan fingerprint density at radius 2 is 1.72 bits per heavy atom. The van der Waals surface area contributed by atoms with Gasteiger partial charge in [-0.2, -0.15) is 0 Å². The summed E-state index contributed by atoms with van der Waals surface area (Å²) >= 11 is 0. The van der Waals surface area contributed by atoms with Crippen LogP contribution in [-0.2, 0) is 33.2 Å². The molecule has 0 aromatic rings. The fourth-order valence-corrected chi connectivity index (χ4v) is 9.91. The van der Waals surface area contributed by atoms with Crippen LogP contribution in [0.5, 0.6) is 0 Å². The lowest BCUT2D eigenvalue weighted by Gasteiger charge is -2.49. The molecule has 0 amide bonds. The fourth-order valence-electron chi connectivity index (χ4n) is 9.91. The third kappa shape index (κ3) is 6.67. The molecule has 47 heavy (non-hydrogen) atoms. The molecular formula is C36H62O11. The van der Waals surface area contributed by atoms with Gasteiger partial charge in [0.25, 0.3) is 0 Å². The van der Waals surface area contributed by atoms with Gasteiger partial charge in [0.05, 0.1) is 66.5 Å². The van der Waals surface area contributed by atoms with E-state index in [2.05, 4.69) is 27.7 Å². The molecule has 11 nitrogen and oxygen atoms in total. The van der Waals surface area contributed by atoms with E-state index in [1.54, 1.807) is 6.92 Å². The van der Waals surface area contributed by atoms with Crippen molar-refractivity contribution >= 4 is 5.97 Å². The van der Waals surface area contributed by atoms with Crippen LogP contribution in [0.2, 0.25) is 0 Å². The van der Waals surface area contributed by atoms with Gasteiger partial charge in [0.1, 0.15) is 0 Å². The second kappa shape index (κ2) is 13.7. The van der Waals surface area contributed by atoms with Crippen molar-refractivity contribution in [1.82, 2.24) is 0 Å². The summed E-state index contributed by atoms with van der Waals surface area (Å²) in [5.41, 5.74) is -1.15. The molecule has 4 N–H and O–H groups in total. The van der Waals surface area contributed by atoms with Crippen LogP contribution in [0.4, 0.5) is 0 Å². The minimum absolute atomic E-state index is 0.153. The maximum atomic E-state index is 11.8. The number of aliphatic hydroxyl groups excluding tert-OH is 2. The summed E-state index contributed by atoms with van der Waals surface area (Å²) in [6.45, 7) is 15.6. The van der Waals surface area contributed by atoms with E-state index in [-0.39, 0.29) is 54.0 Å². The maximum Gasteiger partial charge on any atom is 0.308 e. The van der Waals surface area contributed by atoms with Gasteiger partial charge in [0.15, 0.2) is 11.6 Å². The van der Waals surface area contributed by atoms with Crippen LogP contribution in [0.15, 0.2) is 0 Å². The first-order valence-corrected chi connectivity index (χ1v) is 18.1. The average molecular weight is 671 g/mol. The van der Waals surface area contributed by atoms with E-state index in [0.717, 1.165) is 32.1 Å². The normalized spacial score (nSPS) is 50.9. The van der Waals surface area contributed by atoms with E-state index in [4.69, 9.17) is 28.4 Å². The number of carbonyl (C=O) groups is 1.